The monoisotopic (exact) mass is 558 g/mol. The first-order valence-electron chi connectivity index (χ1n) is 13.5. The number of carbonyl (C=O) groups excluding carboxylic acids is 4. The Balaban J connectivity index is 2.05. The van der Waals surface area contributed by atoms with Crippen LogP contribution < -0.4 is 16.2 Å². The van der Waals surface area contributed by atoms with Crippen molar-refractivity contribution in [2.75, 3.05) is 13.1 Å². The van der Waals surface area contributed by atoms with Gasteiger partial charge in [-0.25, -0.2) is 17.9 Å². The zero-order chi connectivity index (χ0) is 29.1. The lowest BCUT2D eigenvalue weighted by Crippen LogP contribution is -2.44. The van der Waals surface area contributed by atoms with Gasteiger partial charge in [0.1, 0.15) is 16.8 Å². The maximum absolute atomic E-state index is 13.5. The standard InChI is InChI=1S/C26H46N4O7S/c1-7-18(3)38(35,36)29-17(2)8-9-20(31)25(16-26(25,21(27)32)22(28)33)13-10-19-11-14-30(15-12-19)23(34)37-24(4,5)6/h17-19,29H,7-16H2,1-6H3,(H2,27,32)(H2,28,33)/t17-,18+,25+/m1/s1. The van der Waals surface area contributed by atoms with Crippen LogP contribution in [-0.2, 0) is 29.1 Å². The van der Waals surface area contributed by atoms with E-state index in [2.05, 4.69) is 4.72 Å². The molecule has 1 heterocycles. The van der Waals surface area contributed by atoms with E-state index in [1.807, 2.05) is 20.8 Å². The summed E-state index contributed by atoms with van der Waals surface area (Å²) in [6, 6.07) is -0.498. The SMILES string of the molecule is CC[C@H](C)S(=O)(=O)N[C@H](C)CCC(=O)[C@]1(CCC2CCN(C(=O)OC(C)(C)C)CC2)CC1(C(N)=O)C(N)=O. The zero-order valence-electron chi connectivity index (χ0n) is 23.7. The second-order valence-electron chi connectivity index (χ2n) is 12.1. The molecular formula is C26H46N4O7S. The highest BCUT2D eigenvalue weighted by Gasteiger charge is 2.77. The Morgan fingerprint density at radius 3 is 2.08 bits per heavy atom. The van der Waals surface area contributed by atoms with Gasteiger partial charge in [-0.05, 0) is 85.5 Å². The van der Waals surface area contributed by atoms with Crippen LogP contribution in [0, 0.1) is 16.7 Å². The van der Waals surface area contributed by atoms with Crippen LogP contribution in [0.5, 0.6) is 0 Å². The molecule has 0 aromatic rings. The Bertz CT molecular complexity index is 1000. The Hall–Kier alpha value is -2.21. The van der Waals surface area contributed by atoms with Crippen molar-refractivity contribution < 1.29 is 32.3 Å². The normalized spacial score (nSPS) is 23.4. The van der Waals surface area contributed by atoms with E-state index in [0.29, 0.717) is 38.8 Å². The number of nitrogens with zero attached hydrogens (tertiary/aromatic N) is 1. The number of hydrogen-bond donors (Lipinski definition) is 3. The van der Waals surface area contributed by atoms with Crippen LogP contribution in [-0.4, -0.2) is 67.0 Å². The lowest BCUT2D eigenvalue weighted by atomic mass is 9.78. The Morgan fingerprint density at radius 2 is 1.63 bits per heavy atom. The average Bonchev–Trinajstić information content (AvgIpc) is 3.52. The molecule has 0 aromatic heterocycles. The molecule has 2 fully saturated rings. The fourth-order valence-corrected chi connectivity index (χ4v) is 6.75. The van der Waals surface area contributed by atoms with E-state index in [-0.39, 0.29) is 43.5 Å². The molecule has 218 valence electrons. The van der Waals surface area contributed by atoms with Crippen LogP contribution in [0.1, 0.15) is 92.9 Å². The number of sulfonamides is 1. The molecule has 3 amide bonds. The number of ether oxygens (including phenoxy) is 1. The first kappa shape index (κ1) is 32.0. The fourth-order valence-electron chi connectivity index (χ4n) is 5.40. The van der Waals surface area contributed by atoms with Crippen LogP contribution in [0.15, 0.2) is 0 Å². The van der Waals surface area contributed by atoms with Crippen molar-refractivity contribution in [3.63, 3.8) is 0 Å². The van der Waals surface area contributed by atoms with E-state index in [9.17, 15) is 27.6 Å². The number of hydrogen-bond acceptors (Lipinski definition) is 7. The van der Waals surface area contributed by atoms with Gasteiger partial charge in [-0.1, -0.05) is 6.92 Å². The molecule has 0 unspecified atom stereocenters. The summed E-state index contributed by atoms with van der Waals surface area (Å²) in [5.74, 6) is -1.90. The predicted molar refractivity (Wildman–Crippen MR) is 143 cm³/mol. The molecule has 1 saturated carbocycles. The molecule has 1 saturated heterocycles. The van der Waals surface area contributed by atoms with E-state index in [0.717, 1.165) is 0 Å². The van der Waals surface area contributed by atoms with Crippen molar-refractivity contribution in [3.05, 3.63) is 0 Å². The van der Waals surface area contributed by atoms with Gasteiger partial charge >= 0.3 is 6.09 Å². The molecule has 1 aliphatic heterocycles. The summed E-state index contributed by atoms with van der Waals surface area (Å²) >= 11 is 0. The highest BCUT2D eigenvalue weighted by molar-refractivity contribution is 7.90. The minimum atomic E-state index is -3.52. The van der Waals surface area contributed by atoms with Crippen molar-refractivity contribution in [2.45, 2.75) is 110 Å². The topological polar surface area (TPSA) is 179 Å². The molecule has 1 aliphatic carbocycles. The molecule has 0 radical (unpaired) electrons. The maximum atomic E-state index is 13.5. The van der Waals surface area contributed by atoms with Crippen molar-refractivity contribution in [2.24, 2.45) is 28.2 Å². The molecule has 38 heavy (non-hydrogen) atoms. The van der Waals surface area contributed by atoms with Gasteiger partial charge in [0.05, 0.1) is 10.7 Å². The quantitative estimate of drug-likeness (QED) is 0.290. The van der Waals surface area contributed by atoms with Crippen LogP contribution in [0.4, 0.5) is 4.79 Å². The van der Waals surface area contributed by atoms with Gasteiger partial charge in [0.25, 0.3) is 0 Å². The molecule has 0 spiro atoms. The van der Waals surface area contributed by atoms with Crippen LogP contribution >= 0.6 is 0 Å². The number of amides is 3. The van der Waals surface area contributed by atoms with Gasteiger partial charge in [0.15, 0.2) is 0 Å². The third-order valence-electron chi connectivity index (χ3n) is 8.15. The van der Waals surface area contributed by atoms with Crippen LogP contribution in [0.2, 0.25) is 0 Å². The third-order valence-corrected chi connectivity index (χ3v) is 10.3. The van der Waals surface area contributed by atoms with E-state index in [4.69, 9.17) is 16.2 Å². The summed E-state index contributed by atoms with van der Waals surface area (Å²) in [5, 5.41) is -0.561. The molecular weight excluding hydrogens is 512 g/mol. The summed E-state index contributed by atoms with van der Waals surface area (Å²) in [4.78, 5) is 52.3. The van der Waals surface area contributed by atoms with Crippen LogP contribution in [0.25, 0.3) is 0 Å². The number of piperidine rings is 1. The summed E-state index contributed by atoms with van der Waals surface area (Å²) in [5.41, 5.74) is 7.63. The number of nitrogens with one attached hydrogen (secondary N) is 1. The highest BCUT2D eigenvalue weighted by atomic mass is 32.2. The number of nitrogens with two attached hydrogens (primary N) is 2. The van der Waals surface area contributed by atoms with E-state index >= 15 is 0 Å². The van der Waals surface area contributed by atoms with E-state index < -0.39 is 49.6 Å². The first-order chi connectivity index (χ1) is 17.4. The van der Waals surface area contributed by atoms with Gasteiger partial charge in [-0.2, -0.15) is 0 Å². The summed E-state index contributed by atoms with van der Waals surface area (Å²) in [7, 11) is -3.52. The van der Waals surface area contributed by atoms with Gasteiger partial charge in [-0.15, -0.1) is 0 Å². The third kappa shape index (κ3) is 7.05. The van der Waals surface area contributed by atoms with Gasteiger partial charge in [0, 0.05) is 25.6 Å². The minimum Gasteiger partial charge on any atom is -0.444 e. The number of likely N-dealkylation sites (tertiary alicyclic amines) is 1. The van der Waals surface area contributed by atoms with E-state index in [1.165, 1.54) is 0 Å². The fraction of sp³-hybridized carbons (Fsp3) is 0.846. The largest absolute Gasteiger partial charge is 0.444 e. The lowest BCUT2D eigenvalue weighted by Gasteiger charge is -2.34. The summed E-state index contributed by atoms with van der Waals surface area (Å²) in [6.07, 6.45) is 2.56. The smallest absolute Gasteiger partial charge is 0.410 e. The van der Waals surface area contributed by atoms with Gasteiger partial charge in [0.2, 0.25) is 21.8 Å². The second kappa shape index (κ2) is 11.9. The molecule has 0 bridgehead atoms. The Labute approximate surface area is 226 Å². The average molecular weight is 559 g/mol. The maximum Gasteiger partial charge on any atom is 0.410 e. The lowest BCUT2D eigenvalue weighted by molar-refractivity contribution is -0.140. The number of rotatable bonds is 13. The summed E-state index contributed by atoms with van der Waals surface area (Å²) in [6.45, 7) is 11.6. The van der Waals surface area contributed by atoms with Crippen molar-refractivity contribution in [1.29, 1.82) is 0 Å². The molecule has 0 aromatic carbocycles. The zero-order valence-corrected chi connectivity index (χ0v) is 24.5. The number of Topliss-reactive ketones (excluding diaryl/α,β-unsaturated/α-hetero) is 1. The van der Waals surface area contributed by atoms with Crippen molar-refractivity contribution in [3.8, 4) is 0 Å². The predicted octanol–water partition coefficient (Wildman–Crippen LogP) is 2.22. The first-order valence-corrected chi connectivity index (χ1v) is 15.1. The van der Waals surface area contributed by atoms with Crippen molar-refractivity contribution in [1.82, 2.24) is 9.62 Å². The molecule has 3 atom stereocenters. The van der Waals surface area contributed by atoms with Gasteiger partial charge < -0.3 is 21.1 Å². The van der Waals surface area contributed by atoms with Crippen LogP contribution in [0.3, 0.4) is 0 Å². The molecule has 2 rings (SSSR count). The van der Waals surface area contributed by atoms with E-state index in [1.54, 1.807) is 25.7 Å². The second-order valence-corrected chi connectivity index (χ2v) is 14.2. The number of carbonyl (C=O) groups is 4. The molecule has 5 N–H and O–H groups in total. The van der Waals surface area contributed by atoms with Crippen molar-refractivity contribution >= 4 is 33.7 Å². The molecule has 11 nitrogen and oxygen atoms in total. The highest BCUT2D eigenvalue weighted by Crippen LogP contribution is 2.67. The Morgan fingerprint density at radius 1 is 1.08 bits per heavy atom. The summed E-state index contributed by atoms with van der Waals surface area (Å²) < 4.78 is 32.8. The Kier molecular flexibility index (Phi) is 10.0. The number of ketones is 1. The molecule has 12 heteroatoms. The minimum absolute atomic E-state index is 0.0103. The number of primary amides is 2. The molecule has 2 aliphatic rings. The van der Waals surface area contributed by atoms with Gasteiger partial charge in [-0.3, -0.25) is 14.4 Å².